The van der Waals surface area contributed by atoms with E-state index in [2.05, 4.69) is 0 Å². The molecular weight excluding hydrogens is 209 g/mol. The molecule has 0 saturated heterocycles. The Balaban J connectivity index is 2.49. The van der Waals surface area contributed by atoms with Crippen LogP contribution < -0.4 is 10.5 Å². The normalized spacial score (nSPS) is 11.5. The van der Waals surface area contributed by atoms with Gasteiger partial charge in [-0.15, -0.1) is 0 Å². The van der Waals surface area contributed by atoms with Gasteiger partial charge in [0, 0.05) is 31.4 Å². The second-order valence-corrected chi connectivity index (χ2v) is 4.28. The maximum absolute atomic E-state index is 13.0. The molecule has 0 spiro atoms. The zero-order chi connectivity index (χ0) is 12.2. The predicted octanol–water partition coefficient (Wildman–Crippen LogP) is 2.60. The van der Waals surface area contributed by atoms with E-state index in [1.807, 2.05) is 13.8 Å². The van der Waals surface area contributed by atoms with Crippen LogP contribution in [0.1, 0.15) is 20.3 Å². The molecule has 0 unspecified atom stereocenters. The molecule has 0 saturated carbocycles. The van der Waals surface area contributed by atoms with E-state index < -0.39 is 0 Å². The lowest BCUT2D eigenvalue weighted by atomic mass is 10.1. The van der Waals surface area contributed by atoms with Gasteiger partial charge in [-0.1, -0.05) is 0 Å². The first-order chi connectivity index (χ1) is 7.43. The van der Waals surface area contributed by atoms with Crippen LogP contribution in [0.4, 0.5) is 10.1 Å². The second-order valence-electron chi connectivity index (χ2n) is 4.28. The number of anilines is 1. The Bertz CT molecular complexity index is 333. The molecule has 3 nitrogen and oxygen atoms in total. The zero-order valence-corrected chi connectivity index (χ0v) is 9.92. The van der Waals surface area contributed by atoms with E-state index in [0.717, 1.165) is 6.42 Å². The van der Waals surface area contributed by atoms with Gasteiger partial charge in [-0.2, -0.15) is 0 Å². The molecule has 0 radical (unpaired) electrons. The standard InChI is InChI=1S/C12H18FNO2/c1-12(2,15-3)4-5-16-11-7-9(13)6-10(14)8-11/h6-8H,4-5,14H2,1-3H3. The monoisotopic (exact) mass is 227 g/mol. The van der Waals surface area contributed by atoms with Crippen LogP contribution >= 0.6 is 0 Å². The fourth-order valence-corrected chi connectivity index (χ4v) is 1.18. The molecule has 0 bridgehead atoms. The Morgan fingerprint density at radius 1 is 1.31 bits per heavy atom. The van der Waals surface area contributed by atoms with Gasteiger partial charge < -0.3 is 15.2 Å². The van der Waals surface area contributed by atoms with Gasteiger partial charge in [0.15, 0.2) is 0 Å². The molecule has 2 N–H and O–H groups in total. The summed E-state index contributed by atoms with van der Waals surface area (Å²) < 4.78 is 23.6. The van der Waals surface area contributed by atoms with Crippen molar-refractivity contribution in [3.63, 3.8) is 0 Å². The minimum Gasteiger partial charge on any atom is -0.493 e. The van der Waals surface area contributed by atoms with Crippen LogP contribution in [0.3, 0.4) is 0 Å². The minimum absolute atomic E-state index is 0.237. The third-order valence-electron chi connectivity index (χ3n) is 2.42. The van der Waals surface area contributed by atoms with Gasteiger partial charge in [0.25, 0.3) is 0 Å². The van der Waals surface area contributed by atoms with Gasteiger partial charge in [-0.05, 0) is 19.9 Å². The molecule has 1 rings (SSSR count). The van der Waals surface area contributed by atoms with Crippen molar-refractivity contribution in [2.45, 2.75) is 25.9 Å². The molecule has 4 heteroatoms. The summed E-state index contributed by atoms with van der Waals surface area (Å²) in [5.41, 5.74) is 5.62. The number of nitrogen functional groups attached to an aromatic ring is 1. The first kappa shape index (κ1) is 12.8. The number of hydrogen-bond acceptors (Lipinski definition) is 3. The summed E-state index contributed by atoms with van der Waals surface area (Å²) in [5.74, 6) is 0.0606. The molecule has 0 aliphatic heterocycles. The highest BCUT2D eigenvalue weighted by atomic mass is 19.1. The largest absolute Gasteiger partial charge is 0.493 e. The summed E-state index contributed by atoms with van der Waals surface area (Å²) in [5, 5.41) is 0. The molecule has 0 heterocycles. The van der Waals surface area contributed by atoms with Crippen molar-refractivity contribution in [3.8, 4) is 5.75 Å². The smallest absolute Gasteiger partial charge is 0.128 e. The number of benzene rings is 1. The molecule has 0 aliphatic rings. The summed E-state index contributed by atoms with van der Waals surface area (Å²) in [4.78, 5) is 0. The Kier molecular flexibility index (Phi) is 4.12. The second kappa shape index (κ2) is 5.16. The lowest BCUT2D eigenvalue weighted by Gasteiger charge is -2.22. The van der Waals surface area contributed by atoms with E-state index in [1.54, 1.807) is 13.2 Å². The third kappa shape index (κ3) is 4.06. The van der Waals surface area contributed by atoms with Crippen molar-refractivity contribution in [2.75, 3.05) is 19.5 Å². The summed E-state index contributed by atoms with van der Waals surface area (Å²) >= 11 is 0. The van der Waals surface area contributed by atoms with Crippen molar-refractivity contribution in [1.82, 2.24) is 0 Å². The van der Waals surface area contributed by atoms with E-state index in [0.29, 0.717) is 18.0 Å². The fourth-order valence-electron chi connectivity index (χ4n) is 1.18. The van der Waals surface area contributed by atoms with Crippen LogP contribution in [0.5, 0.6) is 5.75 Å². The molecule has 16 heavy (non-hydrogen) atoms. The number of nitrogens with two attached hydrogens (primary N) is 1. The molecule has 1 aromatic rings. The maximum Gasteiger partial charge on any atom is 0.128 e. The van der Waals surface area contributed by atoms with Crippen LogP contribution in [-0.2, 0) is 4.74 Å². The highest BCUT2D eigenvalue weighted by Gasteiger charge is 2.16. The third-order valence-corrected chi connectivity index (χ3v) is 2.42. The van der Waals surface area contributed by atoms with Crippen molar-refractivity contribution in [3.05, 3.63) is 24.0 Å². The summed E-state index contributed by atoms with van der Waals surface area (Å²) in [6.07, 6.45) is 0.722. The van der Waals surface area contributed by atoms with Crippen molar-refractivity contribution in [1.29, 1.82) is 0 Å². The number of halogens is 1. The van der Waals surface area contributed by atoms with Gasteiger partial charge in [-0.25, -0.2) is 4.39 Å². The Morgan fingerprint density at radius 3 is 2.56 bits per heavy atom. The topological polar surface area (TPSA) is 44.5 Å². The number of hydrogen-bond donors (Lipinski definition) is 1. The average Bonchev–Trinajstić information content (AvgIpc) is 2.16. The van der Waals surface area contributed by atoms with E-state index >= 15 is 0 Å². The number of methoxy groups -OCH3 is 1. The first-order valence-corrected chi connectivity index (χ1v) is 5.17. The lowest BCUT2D eigenvalue weighted by Crippen LogP contribution is -2.25. The van der Waals surface area contributed by atoms with Crippen LogP contribution in [0.15, 0.2) is 18.2 Å². The van der Waals surface area contributed by atoms with E-state index in [4.69, 9.17) is 15.2 Å². The summed E-state index contributed by atoms with van der Waals surface area (Å²) in [6, 6.07) is 4.17. The van der Waals surface area contributed by atoms with Crippen LogP contribution in [0.25, 0.3) is 0 Å². The molecule has 1 aromatic carbocycles. The summed E-state index contributed by atoms with van der Waals surface area (Å²) in [6.45, 7) is 4.40. The Morgan fingerprint density at radius 2 is 2.00 bits per heavy atom. The van der Waals surface area contributed by atoms with Crippen molar-refractivity contribution < 1.29 is 13.9 Å². The molecule has 0 aliphatic carbocycles. The molecule has 0 amide bonds. The first-order valence-electron chi connectivity index (χ1n) is 5.17. The summed E-state index contributed by atoms with van der Waals surface area (Å²) in [7, 11) is 1.65. The van der Waals surface area contributed by atoms with Crippen LogP contribution in [0.2, 0.25) is 0 Å². The lowest BCUT2D eigenvalue weighted by molar-refractivity contribution is 0.00545. The van der Waals surface area contributed by atoms with Crippen molar-refractivity contribution >= 4 is 5.69 Å². The predicted molar refractivity (Wildman–Crippen MR) is 62.0 cm³/mol. The Labute approximate surface area is 95.4 Å². The van der Waals surface area contributed by atoms with Gasteiger partial charge in [-0.3, -0.25) is 0 Å². The van der Waals surface area contributed by atoms with Crippen LogP contribution in [-0.4, -0.2) is 19.3 Å². The Hall–Kier alpha value is -1.29. The van der Waals surface area contributed by atoms with Crippen LogP contribution in [0, 0.1) is 5.82 Å². The molecular formula is C12H18FNO2. The number of rotatable bonds is 5. The average molecular weight is 227 g/mol. The van der Waals surface area contributed by atoms with E-state index in [9.17, 15) is 4.39 Å². The van der Waals surface area contributed by atoms with Crippen molar-refractivity contribution in [2.24, 2.45) is 0 Å². The zero-order valence-electron chi connectivity index (χ0n) is 9.92. The number of ether oxygens (including phenoxy) is 2. The van der Waals surface area contributed by atoms with E-state index in [-0.39, 0.29) is 11.4 Å². The highest BCUT2D eigenvalue weighted by molar-refractivity contribution is 5.44. The quantitative estimate of drug-likeness (QED) is 0.786. The van der Waals surface area contributed by atoms with Gasteiger partial charge in [0.05, 0.1) is 12.2 Å². The fraction of sp³-hybridized carbons (Fsp3) is 0.500. The molecule has 0 fully saturated rings. The highest BCUT2D eigenvalue weighted by Crippen LogP contribution is 2.19. The maximum atomic E-state index is 13.0. The van der Waals surface area contributed by atoms with Gasteiger partial charge in [0.2, 0.25) is 0 Å². The SMILES string of the molecule is COC(C)(C)CCOc1cc(N)cc(F)c1. The molecule has 90 valence electrons. The molecule has 0 aromatic heterocycles. The minimum atomic E-state index is -0.388. The van der Waals surface area contributed by atoms with E-state index in [1.165, 1.54) is 12.1 Å². The van der Waals surface area contributed by atoms with Gasteiger partial charge in [0.1, 0.15) is 11.6 Å². The molecule has 0 atom stereocenters. The van der Waals surface area contributed by atoms with Gasteiger partial charge >= 0.3 is 0 Å².